The van der Waals surface area contributed by atoms with Crippen LogP contribution in [-0.4, -0.2) is 42.9 Å². The van der Waals surface area contributed by atoms with Crippen LogP contribution in [0.4, 0.5) is 5.00 Å². The Morgan fingerprint density at radius 2 is 1.96 bits per heavy atom. The zero-order chi connectivity index (χ0) is 19.1. The van der Waals surface area contributed by atoms with Crippen molar-refractivity contribution in [3.8, 4) is 0 Å². The minimum Gasteiger partial charge on any atom is -0.459 e. The van der Waals surface area contributed by atoms with Crippen molar-refractivity contribution in [2.75, 3.05) is 31.5 Å². The lowest BCUT2D eigenvalue weighted by atomic mass is 10.2. The van der Waals surface area contributed by atoms with Gasteiger partial charge in [-0.1, -0.05) is 12.8 Å². The van der Waals surface area contributed by atoms with Crippen molar-refractivity contribution in [3.05, 3.63) is 40.7 Å². The molecule has 0 saturated carbocycles. The second-order valence-corrected chi connectivity index (χ2v) is 7.97. The quantitative estimate of drug-likeness (QED) is 0.705. The van der Waals surface area contributed by atoms with Gasteiger partial charge in [-0.2, -0.15) is 0 Å². The summed E-state index contributed by atoms with van der Waals surface area (Å²) >= 11 is 1.29. The summed E-state index contributed by atoms with van der Waals surface area (Å²) in [5.74, 6) is -0.141. The Kier molecular flexibility index (Phi) is 7.06. The summed E-state index contributed by atoms with van der Waals surface area (Å²) in [6.45, 7) is 5.94. The molecule has 0 aromatic carbocycles. The highest BCUT2D eigenvalue weighted by Gasteiger charge is 2.16. The van der Waals surface area contributed by atoms with E-state index in [-0.39, 0.29) is 17.6 Å². The van der Waals surface area contributed by atoms with Gasteiger partial charge in [0.25, 0.3) is 11.8 Å². The minimum atomic E-state index is -0.314. The van der Waals surface area contributed by atoms with Gasteiger partial charge in [0.2, 0.25) is 0 Å². The van der Waals surface area contributed by atoms with Crippen molar-refractivity contribution < 1.29 is 14.0 Å². The highest BCUT2D eigenvalue weighted by Crippen LogP contribution is 2.27. The van der Waals surface area contributed by atoms with Crippen LogP contribution in [-0.2, 0) is 0 Å². The van der Waals surface area contributed by atoms with E-state index in [1.54, 1.807) is 12.1 Å². The van der Waals surface area contributed by atoms with E-state index in [0.29, 0.717) is 16.4 Å². The van der Waals surface area contributed by atoms with Crippen LogP contribution in [0.2, 0.25) is 0 Å². The van der Waals surface area contributed by atoms with Crippen LogP contribution in [0.15, 0.2) is 28.9 Å². The maximum absolute atomic E-state index is 12.5. The molecular formula is C20H27N3O3S. The smallest absolute Gasteiger partial charge is 0.291 e. The first kappa shape index (κ1) is 19.6. The zero-order valence-corrected chi connectivity index (χ0v) is 16.6. The lowest BCUT2D eigenvalue weighted by molar-refractivity contribution is 0.0953. The Morgan fingerprint density at radius 1 is 1.19 bits per heavy atom. The molecule has 0 radical (unpaired) electrons. The van der Waals surface area contributed by atoms with Crippen molar-refractivity contribution in [1.82, 2.24) is 10.2 Å². The Balaban J connectivity index is 1.45. The molecule has 0 spiro atoms. The van der Waals surface area contributed by atoms with Gasteiger partial charge in [0.05, 0.1) is 16.1 Å². The predicted octanol–water partition coefficient (Wildman–Crippen LogP) is 3.90. The topological polar surface area (TPSA) is 74.6 Å². The highest BCUT2D eigenvalue weighted by atomic mass is 32.1. The number of hydrogen-bond donors (Lipinski definition) is 2. The molecule has 2 amide bonds. The molecule has 2 N–H and O–H groups in total. The highest BCUT2D eigenvalue weighted by molar-refractivity contribution is 7.18. The van der Waals surface area contributed by atoms with E-state index < -0.39 is 0 Å². The summed E-state index contributed by atoms with van der Waals surface area (Å²) in [5.41, 5.74) is 0.861. The van der Waals surface area contributed by atoms with Gasteiger partial charge in [0.15, 0.2) is 5.76 Å². The number of likely N-dealkylation sites (tertiary alicyclic amines) is 1. The van der Waals surface area contributed by atoms with E-state index in [9.17, 15) is 9.59 Å². The monoisotopic (exact) mass is 389 g/mol. The van der Waals surface area contributed by atoms with Crippen molar-refractivity contribution >= 4 is 28.2 Å². The summed E-state index contributed by atoms with van der Waals surface area (Å²) < 4.78 is 5.08. The van der Waals surface area contributed by atoms with Gasteiger partial charge in [-0.3, -0.25) is 9.59 Å². The van der Waals surface area contributed by atoms with Gasteiger partial charge >= 0.3 is 0 Å². The number of carbonyl (C=O) groups is 2. The fraction of sp³-hybridized carbons (Fsp3) is 0.500. The largest absolute Gasteiger partial charge is 0.459 e. The molecule has 2 aromatic rings. The SMILES string of the molecule is Cc1cc(NC(=O)c2ccco2)sc1C(=O)NCCCN1CCCCCC1. The first-order chi connectivity index (χ1) is 13.1. The molecule has 3 heterocycles. The van der Waals surface area contributed by atoms with E-state index in [0.717, 1.165) is 18.5 Å². The molecule has 0 aliphatic carbocycles. The molecule has 6 nitrogen and oxygen atoms in total. The maximum Gasteiger partial charge on any atom is 0.291 e. The number of nitrogens with one attached hydrogen (secondary N) is 2. The third-order valence-corrected chi connectivity index (χ3v) is 5.89. The molecule has 0 atom stereocenters. The zero-order valence-electron chi connectivity index (χ0n) is 15.8. The Bertz CT molecular complexity index is 747. The second-order valence-electron chi connectivity index (χ2n) is 6.92. The standard InChI is InChI=1S/C20H27N3O3S/c1-15-14-17(22-19(24)16-8-6-13-26-16)27-18(15)20(25)21-9-7-12-23-10-4-2-3-5-11-23/h6,8,13-14H,2-5,7,9-12H2,1H3,(H,21,25)(H,22,24). The molecule has 0 unspecified atom stereocenters. The van der Waals surface area contributed by atoms with Crippen LogP contribution in [0.3, 0.4) is 0 Å². The number of aryl methyl sites for hydroxylation is 1. The Labute approximate surface area is 163 Å². The molecule has 146 valence electrons. The lowest BCUT2D eigenvalue weighted by Crippen LogP contribution is -2.30. The number of furan rings is 1. The van der Waals surface area contributed by atoms with E-state index in [2.05, 4.69) is 15.5 Å². The van der Waals surface area contributed by atoms with E-state index in [4.69, 9.17) is 4.42 Å². The van der Waals surface area contributed by atoms with Crippen molar-refractivity contribution in [1.29, 1.82) is 0 Å². The van der Waals surface area contributed by atoms with Crippen LogP contribution in [0.25, 0.3) is 0 Å². The lowest BCUT2D eigenvalue weighted by Gasteiger charge is -2.19. The van der Waals surface area contributed by atoms with E-state index in [1.165, 1.54) is 56.4 Å². The van der Waals surface area contributed by atoms with Gasteiger partial charge in [-0.15, -0.1) is 11.3 Å². The molecule has 0 bridgehead atoms. The summed E-state index contributed by atoms with van der Waals surface area (Å²) in [5, 5.41) is 6.42. The number of rotatable bonds is 7. The second kappa shape index (κ2) is 9.71. The molecule has 1 fully saturated rings. The molecule has 1 aliphatic heterocycles. The number of amides is 2. The molecule has 1 aliphatic rings. The third-order valence-electron chi connectivity index (χ3n) is 4.74. The van der Waals surface area contributed by atoms with Crippen LogP contribution >= 0.6 is 11.3 Å². The average Bonchev–Trinajstić information content (AvgIpc) is 3.23. The van der Waals surface area contributed by atoms with Crippen LogP contribution in [0, 0.1) is 6.92 Å². The minimum absolute atomic E-state index is 0.0770. The predicted molar refractivity (Wildman–Crippen MR) is 108 cm³/mol. The summed E-state index contributed by atoms with van der Waals surface area (Å²) in [4.78, 5) is 27.6. The third kappa shape index (κ3) is 5.68. The van der Waals surface area contributed by atoms with Gasteiger partial charge in [0, 0.05) is 6.54 Å². The molecular weight excluding hydrogens is 362 g/mol. The molecule has 3 rings (SSSR count). The molecule has 2 aromatic heterocycles. The summed E-state index contributed by atoms with van der Waals surface area (Å²) in [6.07, 6.45) is 7.66. The summed E-state index contributed by atoms with van der Waals surface area (Å²) in [6, 6.07) is 5.09. The number of carbonyl (C=O) groups excluding carboxylic acids is 2. The van der Waals surface area contributed by atoms with Crippen LogP contribution in [0.1, 0.15) is 57.9 Å². The molecule has 7 heteroatoms. The number of thiophene rings is 1. The van der Waals surface area contributed by atoms with Crippen molar-refractivity contribution in [2.24, 2.45) is 0 Å². The van der Waals surface area contributed by atoms with Gasteiger partial charge in [-0.05, 0) is 69.6 Å². The number of hydrogen-bond acceptors (Lipinski definition) is 5. The molecule has 1 saturated heterocycles. The average molecular weight is 390 g/mol. The Hall–Kier alpha value is -2.12. The van der Waals surface area contributed by atoms with E-state index >= 15 is 0 Å². The van der Waals surface area contributed by atoms with Crippen molar-refractivity contribution in [2.45, 2.75) is 39.0 Å². The van der Waals surface area contributed by atoms with Crippen LogP contribution < -0.4 is 10.6 Å². The van der Waals surface area contributed by atoms with Crippen LogP contribution in [0.5, 0.6) is 0 Å². The fourth-order valence-corrected chi connectivity index (χ4v) is 4.28. The summed E-state index contributed by atoms with van der Waals surface area (Å²) in [7, 11) is 0. The fourth-order valence-electron chi connectivity index (χ4n) is 3.30. The van der Waals surface area contributed by atoms with Crippen molar-refractivity contribution in [3.63, 3.8) is 0 Å². The first-order valence-electron chi connectivity index (χ1n) is 9.59. The Morgan fingerprint density at radius 3 is 2.67 bits per heavy atom. The van der Waals surface area contributed by atoms with Gasteiger partial charge in [-0.25, -0.2) is 0 Å². The normalized spacial score (nSPS) is 15.3. The maximum atomic E-state index is 12.5. The number of anilines is 1. The molecule has 27 heavy (non-hydrogen) atoms. The van der Waals surface area contributed by atoms with Gasteiger partial charge < -0.3 is 20.0 Å². The van der Waals surface area contributed by atoms with E-state index in [1.807, 2.05) is 13.0 Å². The first-order valence-corrected chi connectivity index (χ1v) is 10.4. The number of nitrogens with zero attached hydrogens (tertiary/aromatic N) is 1. The van der Waals surface area contributed by atoms with Gasteiger partial charge in [0.1, 0.15) is 0 Å².